The van der Waals surface area contributed by atoms with Gasteiger partial charge in [0.2, 0.25) is 5.91 Å². The highest BCUT2D eigenvalue weighted by atomic mass is 19.2. The number of benzene rings is 1. The van der Waals surface area contributed by atoms with E-state index in [1.54, 1.807) is 21.0 Å². The maximum absolute atomic E-state index is 13.0. The molecule has 1 unspecified atom stereocenters. The van der Waals surface area contributed by atoms with E-state index in [-0.39, 0.29) is 18.5 Å². The first-order valence-corrected chi connectivity index (χ1v) is 5.32. The summed E-state index contributed by atoms with van der Waals surface area (Å²) < 4.78 is 25.7. The van der Waals surface area contributed by atoms with E-state index in [2.05, 4.69) is 5.32 Å². The van der Waals surface area contributed by atoms with Crippen LogP contribution in [-0.2, 0) is 11.3 Å². The van der Waals surface area contributed by atoms with Gasteiger partial charge in [0.15, 0.2) is 11.6 Å². The van der Waals surface area contributed by atoms with Crippen LogP contribution in [0.25, 0.3) is 0 Å². The summed E-state index contributed by atoms with van der Waals surface area (Å²) in [6.07, 6.45) is 0. The van der Waals surface area contributed by atoms with Crippen molar-refractivity contribution in [1.82, 2.24) is 10.2 Å². The Kier molecular flexibility index (Phi) is 4.57. The summed E-state index contributed by atoms with van der Waals surface area (Å²) in [4.78, 5) is 13.2. The number of nitrogens with one attached hydrogen (secondary N) is 1. The van der Waals surface area contributed by atoms with Crippen LogP contribution in [0.5, 0.6) is 0 Å². The topological polar surface area (TPSA) is 32.3 Å². The Balaban J connectivity index is 2.71. The van der Waals surface area contributed by atoms with Gasteiger partial charge in [0.05, 0.1) is 6.04 Å². The molecule has 1 aromatic rings. The molecule has 1 aromatic carbocycles. The average Bonchev–Trinajstić information content (AvgIpc) is 2.31. The number of carbonyl (C=O) groups excluding carboxylic acids is 1. The zero-order chi connectivity index (χ0) is 13.0. The molecule has 3 nitrogen and oxygen atoms in total. The molecule has 0 aromatic heterocycles. The molecule has 0 bridgehead atoms. The van der Waals surface area contributed by atoms with Crippen molar-refractivity contribution in [2.45, 2.75) is 19.5 Å². The lowest BCUT2D eigenvalue weighted by atomic mass is 10.2. The van der Waals surface area contributed by atoms with Crippen molar-refractivity contribution in [3.63, 3.8) is 0 Å². The van der Waals surface area contributed by atoms with E-state index >= 15 is 0 Å². The summed E-state index contributed by atoms with van der Waals surface area (Å²) in [6, 6.07) is 3.32. The van der Waals surface area contributed by atoms with Gasteiger partial charge in [0, 0.05) is 13.6 Å². The van der Waals surface area contributed by atoms with E-state index in [1.807, 2.05) is 0 Å². The number of carbonyl (C=O) groups is 1. The third-order valence-electron chi connectivity index (χ3n) is 2.58. The minimum absolute atomic E-state index is 0.0998. The van der Waals surface area contributed by atoms with Crippen LogP contribution >= 0.6 is 0 Å². The molecular formula is C12H16F2N2O. The van der Waals surface area contributed by atoms with Crippen LogP contribution in [0.4, 0.5) is 8.78 Å². The average molecular weight is 242 g/mol. The molecular weight excluding hydrogens is 226 g/mol. The Hall–Kier alpha value is -1.49. The summed E-state index contributed by atoms with van der Waals surface area (Å²) >= 11 is 0. The van der Waals surface area contributed by atoms with E-state index in [1.165, 1.54) is 11.0 Å². The molecule has 1 atom stereocenters. The number of hydrogen-bond donors (Lipinski definition) is 1. The molecule has 1 amide bonds. The first-order chi connectivity index (χ1) is 7.95. The summed E-state index contributed by atoms with van der Waals surface area (Å²) in [6.45, 7) is 1.99. The molecule has 0 heterocycles. The molecule has 17 heavy (non-hydrogen) atoms. The first kappa shape index (κ1) is 13.6. The Bertz CT molecular complexity index is 409. The van der Waals surface area contributed by atoms with Gasteiger partial charge in [-0.05, 0) is 31.7 Å². The van der Waals surface area contributed by atoms with Gasteiger partial charge in [-0.3, -0.25) is 4.79 Å². The van der Waals surface area contributed by atoms with E-state index in [0.717, 1.165) is 12.1 Å². The summed E-state index contributed by atoms with van der Waals surface area (Å²) in [5, 5.41) is 2.83. The fourth-order valence-corrected chi connectivity index (χ4v) is 1.44. The van der Waals surface area contributed by atoms with Crippen LogP contribution in [0.15, 0.2) is 18.2 Å². The van der Waals surface area contributed by atoms with Gasteiger partial charge in [-0.1, -0.05) is 6.07 Å². The van der Waals surface area contributed by atoms with Crippen LogP contribution < -0.4 is 5.32 Å². The summed E-state index contributed by atoms with van der Waals surface area (Å²) in [5.74, 6) is -1.88. The lowest BCUT2D eigenvalue weighted by Crippen LogP contribution is -2.41. The monoisotopic (exact) mass is 242 g/mol. The van der Waals surface area contributed by atoms with Crippen molar-refractivity contribution in [3.8, 4) is 0 Å². The van der Waals surface area contributed by atoms with Gasteiger partial charge in [-0.25, -0.2) is 8.78 Å². The van der Waals surface area contributed by atoms with Gasteiger partial charge in [-0.2, -0.15) is 0 Å². The smallest absolute Gasteiger partial charge is 0.239 e. The fraction of sp³-hybridized carbons (Fsp3) is 0.417. The maximum atomic E-state index is 13.0. The molecule has 0 spiro atoms. The van der Waals surface area contributed by atoms with E-state index in [0.29, 0.717) is 5.56 Å². The van der Waals surface area contributed by atoms with Crippen molar-refractivity contribution in [3.05, 3.63) is 35.4 Å². The van der Waals surface area contributed by atoms with Crippen molar-refractivity contribution in [1.29, 1.82) is 0 Å². The lowest BCUT2D eigenvalue weighted by molar-refractivity contribution is -0.132. The van der Waals surface area contributed by atoms with Gasteiger partial charge in [0.1, 0.15) is 0 Å². The largest absolute Gasteiger partial charge is 0.340 e. The van der Waals surface area contributed by atoms with Crippen molar-refractivity contribution < 1.29 is 13.6 Å². The van der Waals surface area contributed by atoms with E-state index in [4.69, 9.17) is 0 Å². The molecule has 0 saturated heterocycles. The molecule has 0 aliphatic carbocycles. The van der Waals surface area contributed by atoms with E-state index < -0.39 is 11.6 Å². The fourth-order valence-electron chi connectivity index (χ4n) is 1.44. The Morgan fingerprint density at radius 3 is 2.59 bits per heavy atom. The van der Waals surface area contributed by atoms with Crippen LogP contribution in [-0.4, -0.2) is 30.9 Å². The molecule has 0 radical (unpaired) electrons. The number of halogens is 2. The second-order valence-corrected chi connectivity index (χ2v) is 3.95. The lowest BCUT2D eigenvalue weighted by Gasteiger charge is -2.21. The van der Waals surface area contributed by atoms with Crippen molar-refractivity contribution >= 4 is 5.91 Å². The third kappa shape index (κ3) is 3.49. The molecule has 0 aliphatic heterocycles. The first-order valence-electron chi connectivity index (χ1n) is 5.32. The van der Waals surface area contributed by atoms with Crippen molar-refractivity contribution in [2.24, 2.45) is 0 Å². The molecule has 94 valence electrons. The molecule has 5 heteroatoms. The number of nitrogens with zero attached hydrogens (tertiary/aromatic N) is 1. The van der Waals surface area contributed by atoms with Crippen molar-refractivity contribution in [2.75, 3.05) is 14.1 Å². The van der Waals surface area contributed by atoms with Crippen LogP contribution in [0.1, 0.15) is 12.5 Å². The molecule has 0 aliphatic rings. The quantitative estimate of drug-likeness (QED) is 0.868. The highest BCUT2D eigenvalue weighted by Crippen LogP contribution is 2.10. The predicted octanol–water partition coefficient (Wildman–Crippen LogP) is 1.53. The highest BCUT2D eigenvalue weighted by Gasteiger charge is 2.16. The number of likely N-dealkylation sites (N-methyl/N-ethyl adjacent to an activating group) is 2. The second-order valence-electron chi connectivity index (χ2n) is 3.95. The zero-order valence-corrected chi connectivity index (χ0v) is 10.1. The van der Waals surface area contributed by atoms with Gasteiger partial charge < -0.3 is 10.2 Å². The minimum Gasteiger partial charge on any atom is -0.340 e. The maximum Gasteiger partial charge on any atom is 0.239 e. The Morgan fingerprint density at radius 2 is 2.06 bits per heavy atom. The Morgan fingerprint density at radius 1 is 1.41 bits per heavy atom. The zero-order valence-electron chi connectivity index (χ0n) is 10.1. The van der Waals surface area contributed by atoms with E-state index in [9.17, 15) is 13.6 Å². The number of rotatable bonds is 4. The highest BCUT2D eigenvalue weighted by molar-refractivity contribution is 5.81. The summed E-state index contributed by atoms with van der Waals surface area (Å²) in [7, 11) is 3.31. The molecule has 0 saturated carbocycles. The minimum atomic E-state index is -0.898. The second kappa shape index (κ2) is 5.72. The number of amides is 1. The van der Waals surface area contributed by atoms with Gasteiger partial charge in [0.25, 0.3) is 0 Å². The van der Waals surface area contributed by atoms with Crippen LogP contribution in [0, 0.1) is 11.6 Å². The van der Waals surface area contributed by atoms with Crippen LogP contribution in [0.2, 0.25) is 0 Å². The van der Waals surface area contributed by atoms with Gasteiger partial charge >= 0.3 is 0 Å². The third-order valence-corrected chi connectivity index (χ3v) is 2.58. The number of hydrogen-bond acceptors (Lipinski definition) is 2. The molecule has 0 fully saturated rings. The SMILES string of the molecule is CNC(C)C(=O)N(C)Cc1ccc(F)c(F)c1. The van der Waals surface area contributed by atoms with Crippen LogP contribution in [0.3, 0.4) is 0 Å². The molecule has 1 N–H and O–H groups in total. The normalized spacial score (nSPS) is 12.3. The molecule has 1 rings (SSSR count). The summed E-state index contributed by atoms with van der Waals surface area (Å²) in [5.41, 5.74) is 0.558. The Labute approximate surface area is 99.4 Å². The standard InChI is InChI=1S/C12H16F2N2O/c1-8(15-2)12(17)16(3)7-9-4-5-10(13)11(14)6-9/h4-6,8,15H,7H2,1-3H3. The predicted molar refractivity (Wildman–Crippen MR) is 61.4 cm³/mol. The van der Waals surface area contributed by atoms with Gasteiger partial charge in [-0.15, -0.1) is 0 Å².